The fraction of sp³-hybridized carbons (Fsp3) is 0.903. The van der Waals surface area contributed by atoms with E-state index in [-0.39, 0.29) is 31.6 Å². The second-order valence-corrected chi connectivity index (χ2v) is 11.4. The molecule has 1 saturated heterocycles. The Kier molecular flexibility index (Phi) is 22.2. The highest BCUT2D eigenvalue weighted by Gasteiger charge is 2.30. The molecule has 1 atom stereocenters. The summed E-state index contributed by atoms with van der Waals surface area (Å²) < 4.78 is 41.6. The lowest BCUT2D eigenvalue weighted by atomic mass is 10.1. The molecule has 0 aromatic heterocycles. The van der Waals surface area contributed by atoms with Crippen molar-refractivity contribution in [3.8, 4) is 0 Å². The van der Waals surface area contributed by atoms with Crippen LogP contribution < -0.4 is 5.32 Å². The van der Waals surface area contributed by atoms with Crippen molar-refractivity contribution in [2.45, 2.75) is 129 Å². The van der Waals surface area contributed by atoms with Gasteiger partial charge < -0.3 is 19.5 Å². The number of nitrogens with zero attached hydrogens (tertiary/aromatic N) is 1. The number of nitrogens with one attached hydrogen (secondary N) is 1. The van der Waals surface area contributed by atoms with Crippen LogP contribution in [-0.4, -0.2) is 81.3 Å². The number of esters is 2. The van der Waals surface area contributed by atoms with Crippen LogP contribution in [0.2, 0.25) is 0 Å². The number of amides is 1. The van der Waals surface area contributed by atoms with Crippen molar-refractivity contribution in [3.63, 3.8) is 0 Å². The smallest absolute Gasteiger partial charge is 0.407 e. The van der Waals surface area contributed by atoms with E-state index in [1.54, 1.807) is 0 Å². The van der Waals surface area contributed by atoms with Crippen LogP contribution in [0.1, 0.15) is 117 Å². The highest BCUT2D eigenvalue weighted by molar-refractivity contribution is 5.70. The molecule has 1 aliphatic rings. The molecule has 1 unspecified atom stereocenters. The molecule has 1 aliphatic heterocycles. The molecule has 0 bridgehead atoms. The van der Waals surface area contributed by atoms with E-state index < -0.39 is 37.4 Å². The van der Waals surface area contributed by atoms with Crippen molar-refractivity contribution < 1.29 is 37.4 Å². The van der Waals surface area contributed by atoms with Crippen molar-refractivity contribution >= 4 is 18.0 Å². The van der Waals surface area contributed by atoms with Crippen molar-refractivity contribution in [3.05, 3.63) is 0 Å². The third kappa shape index (κ3) is 19.7. The van der Waals surface area contributed by atoms with Crippen molar-refractivity contribution in [1.82, 2.24) is 10.2 Å². The number of rotatable bonds is 26. The van der Waals surface area contributed by atoms with Gasteiger partial charge in [-0.2, -0.15) is 0 Å². The number of hydrogen-bond donors (Lipinski definition) is 1. The van der Waals surface area contributed by atoms with Gasteiger partial charge in [0.25, 0.3) is 0 Å². The maximum absolute atomic E-state index is 12.7. The van der Waals surface area contributed by atoms with Gasteiger partial charge in [0.1, 0.15) is 13.2 Å². The molecule has 0 saturated carbocycles. The minimum atomic E-state index is -0.886. The van der Waals surface area contributed by atoms with Crippen LogP contribution >= 0.6 is 0 Å². The summed E-state index contributed by atoms with van der Waals surface area (Å²) in [6.45, 7) is 3.80. The molecule has 1 fully saturated rings. The van der Waals surface area contributed by atoms with Crippen LogP contribution in [0, 0.1) is 5.92 Å². The topological polar surface area (TPSA) is 94.2 Å². The van der Waals surface area contributed by atoms with Gasteiger partial charge in [0.2, 0.25) is 0 Å². The Bertz CT molecular complexity index is 690. The average molecular weight is 591 g/mol. The molecule has 0 radical (unpaired) electrons. The molecule has 41 heavy (non-hydrogen) atoms. The Labute approximate surface area is 246 Å². The quantitative estimate of drug-likeness (QED) is 0.0682. The minimum absolute atomic E-state index is 0.170. The highest BCUT2D eigenvalue weighted by Crippen LogP contribution is 2.14. The van der Waals surface area contributed by atoms with E-state index in [1.807, 2.05) is 4.90 Å². The fourth-order valence-electron chi connectivity index (χ4n) is 4.76. The van der Waals surface area contributed by atoms with E-state index in [0.717, 1.165) is 44.9 Å². The third-order valence-corrected chi connectivity index (χ3v) is 7.33. The van der Waals surface area contributed by atoms with Crippen molar-refractivity contribution in [2.24, 2.45) is 5.92 Å². The zero-order valence-corrected chi connectivity index (χ0v) is 25.6. The molecule has 1 rings (SSSR count). The number of alkyl carbamates (subject to hydrolysis) is 1. The van der Waals surface area contributed by atoms with E-state index in [9.17, 15) is 23.2 Å². The molecular weight excluding hydrogens is 534 g/mol. The molecule has 0 spiro atoms. The van der Waals surface area contributed by atoms with Crippen LogP contribution in [-0.2, 0) is 23.8 Å². The fourth-order valence-corrected chi connectivity index (χ4v) is 4.76. The summed E-state index contributed by atoms with van der Waals surface area (Å²) in [7, 11) is 0. The van der Waals surface area contributed by atoms with Gasteiger partial charge in [-0.1, -0.05) is 90.9 Å². The number of carbonyl (C=O) groups is 3. The maximum atomic E-state index is 12.7. The lowest BCUT2D eigenvalue weighted by Crippen LogP contribution is -2.60. The summed E-state index contributed by atoms with van der Waals surface area (Å²) in [5, 5.41) is 2.71. The van der Waals surface area contributed by atoms with Gasteiger partial charge in [0.05, 0.1) is 19.4 Å². The zero-order valence-electron chi connectivity index (χ0n) is 25.6. The average Bonchev–Trinajstić information content (AvgIpc) is 2.94. The van der Waals surface area contributed by atoms with Crippen LogP contribution in [0.25, 0.3) is 0 Å². The Morgan fingerprint density at radius 2 is 1.22 bits per heavy atom. The van der Waals surface area contributed by atoms with Crippen molar-refractivity contribution in [2.75, 3.05) is 46.2 Å². The lowest BCUT2D eigenvalue weighted by Gasteiger charge is -2.40. The first-order chi connectivity index (χ1) is 19.9. The van der Waals surface area contributed by atoms with E-state index in [1.165, 1.54) is 44.9 Å². The van der Waals surface area contributed by atoms with Gasteiger partial charge in [0.15, 0.2) is 6.10 Å². The number of hydrogen-bond acceptors (Lipinski definition) is 7. The Morgan fingerprint density at radius 1 is 0.732 bits per heavy atom. The zero-order chi connectivity index (χ0) is 30.1. The van der Waals surface area contributed by atoms with E-state index in [0.29, 0.717) is 26.1 Å². The van der Waals surface area contributed by atoms with Gasteiger partial charge >= 0.3 is 18.0 Å². The maximum Gasteiger partial charge on any atom is 0.407 e. The molecule has 1 amide bonds. The van der Waals surface area contributed by atoms with Gasteiger partial charge in [-0.15, -0.1) is 0 Å². The molecule has 8 nitrogen and oxygen atoms in total. The van der Waals surface area contributed by atoms with E-state index >= 15 is 0 Å². The molecule has 0 aliphatic carbocycles. The van der Waals surface area contributed by atoms with Crippen LogP contribution in [0.4, 0.5) is 13.6 Å². The minimum Gasteiger partial charge on any atom is -0.462 e. The molecule has 0 aromatic carbocycles. The molecule has 0 aromatic rings. The monoisotopic (exact) mass is 590 g/mol. The van der Waals surface area contributed by atoms with Crippen LogP contribution in [0.15, 0.2) is 0 Å². The van der Waals surface area contributed by atoms with E-state index in [4.69, 9.17) is 14.2 Å². The number of likely N-dealkylation sites (tertiary alicyclic amines) is 1. The molecule has 10 heteroatoms. The van der Waals surface area contributed by atoms with E-state index in [2.05, 4.69) is 19.2 Å². The Balaban J connectivity index is 2.39. The van der Waals surface area contributed by atoms with Gasteiger partial charge in [0, 0.05) is 38.4 Å². The SMILES string of the molecule is CCCCCCCCCC(=O)OCC(COC(=O)NC1CN(CC(CF)CF)C1)OC(=O)CCCCCCCCC. The normalized spacial score (nSPS) is 14.5. The summed E-state index contributed by atoms with van der Waals surface area (Å²) in [6.07, 6.45) is 14.2. The molecule has 1 N–H and O–H groups in total. The molecular formula is C31H56F2N2O6. The van der Waals surface area contributed by atoms with Crippen LogP contribution in [0.3, 0.4) is 0 Å². The van der Waals surface area contributed by atoms with Crippen molar-refractivity contribution in [1.29, 1.82) is 0 Å². The number of halogens is 2. The largest absolute Gasteiger partial charge is 0.462 e. The highest BCUT2D eigenvalue weighted by atomic mass is 19.1. The second-order valence-electron chi connectivity index (χ2n) is 11.4. The summed E-state index contributed by atoms with van der Waals surface area (Å²) in [5.74, 6) is -1.40. The first kappa shape index (κ1) is 37.1. The Hall–Kier alpha value is -1.97. The predicted molar refractivity (Wildman–Crippen MR) is 156 cm³/mol. The first-order valence-electron chi connectivity index (χ1n) is 16.0. The number of alkyl halides is 2. The summed E-state index contributed by atoms with van der Waals surface area (Å²) in [4.78, 5) is 38.8. The summed E-state index contributed by atoms with van der Waals surface area (Å²) >= 11 is 0. The standard InChI is InChI=1S/C31H56F2N2O6/c1-3-5-7-9-11-13-15-17-29(36)39-24-28(41-30(37)18-16-14-12-10-8-6-4-2)25-40-31(38)34-27-22-35(23-27)21-26(19-32)20-33/h26-28H,3-25H2,1-2H3,(H,34,38). The summed E-state index contributed by atoms with van der Waals surface area (Å²) in [5.41, 5.74) is 0. The van der Waals surface area contributed by atoms with Gasteiger partial charge in [-0.05, 0) is 12.8 Å². The number of ether oxygens (including phenoxy) is 3. The second kappa shape index (κ2) is 24.6. The van der Waals surface area contributed by atoms with Gasteiger partial charge in [-0.25, -0.2) is 4.79 Å². The molecule has 240 valence electrons. The van der Waals surface area contributed by atoms with Gasteiger partial charge in [-0.3, -0.25) is 23.3 Å². The molecule has 1 heterocycles. The predicted octanol–water partition coefficient (Wildman–Crippen LogP) is 6.69. The third-order valence-electron chi connectivity index (χ3n) is 7.33. The van der Waals surface area contributed by atoms with Crippen LogP contribution in [0.5, 0.6) is 0 Å². The summed E-state index contributed by atoms with van der Waals surface area (Å²) in [6, 6.07) is -0.180. The first-order valence-corrected chi connectivity index (χ1v) is 16.0. The Morgan fingerprint density at radius 3 is 1.76 bits per heavy atom. The number of unbranched alkanes of at least 4 members (excludes halogenated alkanes) is 12. The lowest BCUT2D eigenvalue weighted by molar-refractivity contribution is -0.161. The number of carbonyl (C=O) groups excluding carboxylic acids is 3.